The lowest BCUT2D eigenvalue weighted by molar-refractivity contribution is -0.385. The number of ether oxygens (including phenoxy) is 1. The van der Waals surface area contributed by atoms with E-state index in [4.69, 9.17) is 4.74 Å². The monoisotopic (exact) mass is 295 g/mol. The molecule has 1 aromatic carbocycles. The molecule has 0 saturated heterocycles. The second kappa shape index (κ2) is 5.79. The van der Waals surface area contributed by atoms with Gasteiger partial charge in [0.1, 0.15) is 18.0 Å². The predicted octanol–water partition coefficient (Wildman–Crippen LogP) is 3.46. The van der Waals surface area contributed by atoms with Crippen LogP contribution in [0.15, 0.2) is 29.6 Å². The first-order chi connectivity index (χ1) is 9.49. The van der Waals surface area contributed by atoms with Crippen LogP contribution < -0.4 is 0 Å². The van der Waals surface area contributed by atoms with Crippen molar-refractivity contribution in [1.82, 2.24) is 0 Å². The molecule has 2 rings (SSSR count). The number of halogens is 1. The largest absolute Gasteiger partial charge is 0.456 e. The van der Waals surface area contributed by atoms with E-state index in [1.807, 2.05) is 5.38 Å². The van der Waals surface area contributed by atoms with E-state index in [-0.39, 0.29) is 17.9 Å². The highest BCUT2D eigenvalue weighted by Gasteiger charge is 2.20. The van der Waals surface area contributed by atoms with Gasteiger partial charge in [0.05, 0.1) is 4.92 Å². The number of thiophene rings is 1. The van der Waals surface area contributed by atoms with Crippen LogP contribution in [0.25, 0.3) is 0 Å². The summed E-state index contributed by atoms with van der Waals surface area (Å²) in [7, 11) is 0. The molecule has 104 valence electrons. The lowest BCUT2D eigenvalue weighted by atomic mass is 10.1. The first kappa shape index (κ1) is 14.1. The molecule has 2 aromatic rings. The molecule has 0 unspecified atom stereocenters. The molecule has 1 heterocycles. The van der Waals surface area contributed by atoms with Crippen molar-refractivity contribution in [3.05, 3.63) is 61.6 Å². The average Bonchev–Trinajstić information content (AvgIpc) is 2.92. The van der Waals surface area contributed by atoms with Crippen LogP contribution in [0.5, 0.6) is 0 Å². The van der Waals surface area contributed by atoms with E-state index in [1.165, 1.54) is 18.3 Å². The number of aryl methyl sites for hydroxylation is 1. The van der Waals surface area contributed by atoms with Crippen molar-refractivity contribution in [2.75, 3.05) is 0 Å². The Bertz CT molecular complexity index is 655. The number of hydrogen-bond donors (Lipinski definition) is 0. The second-order valence-electron chi connectivity index (χ2n) is 4.04. The minimum atomic E-state index is -0.914. The molecule has 0 aliphatic rings. The van der Waals surface area contributed by atoms with Crippen molar-refractivity contribution in [3.8, 4) is 0 Å². The Kier molecular flexibility index (Phi) is 4.09. The minimum Gasteiger partial charge on any atom is -0.456 e. The predicted molar refractivity (Wildman–Crippen MR) is 71.2 cm³/mol. The van der Waals surface area contributed by atoms with Crippen molar-refractivity contribution < 1.29 is 18.8 Å². The van der Waals surface area contributed by atoms with Crippen LogP contribution in [0.4, 0.5) is 10.1 Å². The van der Waals surface area contributed by atoms with Crippen molar-refractivity contribution >= 4 is 23.0 Å². The summed E-state index contributed by atoms with van der Waals surface area (Å²) in [4.78, 5) is 22.7. The maximum absolute atomic E-state index is 13.8. The number of benzene rings is 1. The van der Waals surface area contributed by atoms with E-state index in [0.717, 1.165) is 17.0 Å². The Morgan fingerprint density at radius 2 is 2.25 bits per heavy atom. The Hall–Kier alpha value is -2.28. The lowest BCUT2D eigenvalue weighted by Crippen LogP contribution is -2.09. The zero-order valence-electron chi connectivity index (χ0n) is 10.5. The number of carbonyl (C=O) groups is 1. The summed E-state index contributed by atoms with van der Waals surface area (Å²) >= 11 is 1.40. The smallest absolute Gasteiger partial charge is 0.341 e. The summed E-state index contributed by atoms with van der Waals surface area (Å²) in [5.41, 5.74) is -0.734. The van der Waals surface area contributed by atoms with E-state index in [9.17, 15) is 19.3 Å². The number of nitrogens with zero attached hydrogens (tertiary/aromatic N) is 1. The summed E-state index contributed by atoms with van der Waals surface area (Å²) in [5.74, 6) is -1.71. The average molecular weight is 295 g/mol. The van der Waals surface area contributed by atoms with E-state index < -0.39 is 22.3 Å². The standard InChI is InChI=1S/C13H10FNO4S/c1-8-5-9(15(17)18)6-11(12(8)14)13(16)19-7-10-3-2-4-20-10/h2-6H,7H2,1H3. The number of rotatable bonds is 4. The third-order valence-electron chi connectivity index (χ3n) is 2.60. The first-order valence-electron chi connectivity index (χ1n) is 5.63. The van der Waals surface area contributed by atoms with Gasteiger partial charge in [-0.3, -0.25) is 10.1 Å². The van der Waals surface area contributed by atoms with Gasteiger partial charge in [-0.25, -0.2) is 9.18 Å². The van der Waals surface area contributed by atoms with Gasteiger partial charge >= 0.3 is 5.97 Å². The summed E-state index contributed by atoms with van der Waals surface area (Å²) in [6.45, 7) is 1.37. The molecule has 7 heteroatoms. The van der Waals surface area contributed by atoms with Gasteiger partial charge < -0.3 is 4.74 Å². The van der Waals surface area contributed by atoms with E-state index in [0.29, 0.717) is 0 Å². The van der Waals surface area contributed by atoms with Crippen LogP contribution in [0.1, 0.15) is 20.8 Å². The Labute approximate surface area is 117 Å². The van der Waals surface area contributed by atoms with Crippen LogP contribution >= 0.6 is 11.3 Å². The highest BCUT2D eigenvalue weighted by atomic mass is 32.1. The highest BCUT2D eigenvalue weighted by molar-refractivity contribution is 7.09. The molecule has 0 N–H and O–H groups in total. The Morgan fingerprint density at radius 3 is 2.85 bits per heavy atom. The third kappa shape index (κ3) is 3.00. The number of non-ortho nitro benzene ring substituents is 1. The molecule has 0 atom stereocenters. The van der Waals surface area contributed by atoms with Gasteiger partial charge in [-0.05, 0) is 23.9 Å². The topological polar surface area (TPSA) is 69.4 Å². The molecule has 0 aliphatic heterocycles. The van der Waals surface area contributed by atoms with Crippen molar-refractivity contribution in [2.24, 2.45) is 0 Å². The molecule has 0 spiro atoms. The van der Waals surface area contributed by atoms with Gasteiger partial charge in [-0.15, -0.1) is 11.3 Å². The van der Waals surface area contributed by atoms with E-state index >= 15 is 0 Å². The minimum absolute atomic E-state index is 0.0116. The van der Waals surface area contributed by atoms with Crippen molar-refractivity contribution in [3.63, 3.8) is 0 Å². The lowest BCUT2D eigenvalue weighted by Gasteiger charge is -2.06. The number of carbonyl (C=O) groups excluding carboxylic acids is 1. The fraction of sp³-hybridized carbons (Fsp3) is 0.154. The van der Waals surface area contributed by atoms with Crippen LogP contribution in [0.2, 0.25) is 0 Å². The van der Waals surface area contributed by atoms with Crippen LogP contribution in [-0.4, -0.2) is 10.9 Å². The van der Waals surface area contributed by atoms with E-state index in [2.05, 4.69) is 0 Å². The Balaban J connectivity index is 2.22. The Morgan fingerprint density at radius 1 is 1.50 bits per heavy atom. The van der Waals surface area contributed by atoms with Gasteiger partial charge in [0, 0.05) is 17.0 Å². The fourth-order valence-electron chi connectivity index (χ4n) is 1.61. The van der Waals surface area contributed by atoms with Crippen molar-refractivity contribution in [1.29, 1.82) is 0 Å². The molecule has 0 radical (unpaired) electrons. The molecular formula is C13H10FNO4S. The van der Waals surface area contributed by atoms with E-state index in [1.54, 1.807) is 12.1 Å². The van der Waals surface area contributed by atoms with Gasteiger partial charge in [-0.1, -0.05) is 6.07 Å². The quantitative estimate of drug-likeness (QED) is 0.492. The van der Waals surface area contributed by atoms with Crippen LogP contribution in [0.3, 0.4) is 0 Å². The number of hydrogen-bond acceptors (Lipinski definition) is 5. The summed E-state index contributed by atoms with van der Waals surface area (Å²) in [6.07, 6.45) is 0. The molecule has 0 aliphatic carbocycles. The number of nitro groups is 1. The molecule has 1 aromatic heterocycles. The van der Waals surface area contributed by atoms with Gasteiger partial charge in [0.2, 0.25) is 0 Å². The number of esters is 1. The third-order valence-corrected chi connectivity index (χ3v) is 3.45. The fourth-order valence-corrected chi connectivity index (χ4v) is 2.23. The molecule has 5 nitrogen and oxygen atoms in total. The molecule has 0 saturated carbocycles. The van der Waals surface area contributed by atoms with Gasteiger partial charge in [0.15, 0.2) is 0 Å². The van der Waals surface area contributed by atoms with Crippen LogP contribution in [0, 0.1) is 22.9 Å². The molecular weight excluding hydrogens is 285 g/mol. The van der Waals surface area contributed by atoms with Crippen molar-refractivity contribution in [2.45, 2.75) is 13.5 Å². The van der Waals surface area contributed by atoms with Gasteiger partial charge in [-0.2, -0.15) is 0 Å². The SMILES string of the molecule is Cc1cc([N+](=O)[O-])cc(C(=O)OCc2cccs2)c1F. The second-order valence-corrected chi connectivity index (χ2v) is 5.07. The molecule has 0 amide bonds. The molecule has 20 heavy (non-hydrogen) atoms. The normalized spacial score (nSPS) is 10.3. The first-order valence-corrected chi connectivity index (χ1v) is 6.51. The van der Waals surface area contributed by atoms with Crippen LogP contribution in [-0.2, 0) is 11.3 Å². The maximum Gasteiger partial charge on any atom is 0.341 e. The summed E-state index contributed by atoms with van der Waals surface area (Å²) in [5, 5.41) is 12.5. The maximum atomic E-state index is 13.8. The number of nitro benzene ring substituents is 1. The molecule has 0 bridgehead atoms. The highest BCUT2D eigenvalue weighted by Crippen LogP contribution is 2.22. The zero-order chi connectivity index (χ0) is 14.7. The molecule has 0 fully saturated rings. The summed E-state index contributed by atoms with van der Waals surface area (Å²) in [6, 6.07) is 5.53. The zero-order valence-corrected chi connectivity index (χ0v) is 11.3. The summed E-state index contributed by atoms with van der Waals surface area (Å²) < 4.78 is 18.8. The van der Waals surface area contributed by atoms with Gasteiger partial charge in [0.25, 0.3) is 5.69 Å².